The zero-order chi connectivity index (χ0) is 23.9. The third kappa shape index (κ3) is 4.27. The van der Waals surface area contributed by atoms with Gasteiger partial charge in [0.2, 0.25) is 0 Å². The lowest BCUT2D eigenvalue weighted by atomic mass is 9.79. The number of piperidine rings is 3. The van der Waals surface area contributed by atoms with Gasteiger partial charge in [-0.25, -0.2) is 9.37 Å². The van der Waals surface area contributed by atoms with Crippen LogP contribution in [-0.4, -0.2) is 65.4 Å². The molecule has 0 amide bonds. The van der Waals surface area contributed by atoms with Crippen molar-refractivity contribution < 1.29 is 9.13 Å². The number of rotatable bonds is 7. The van der Waals surface area contributed by atoms with E-state index in [4.69, 9.17) is 9.72 Å². The molecule has 0 saturated carbocycles. The van der Waals surface area contributed by atoms with Crippen LogP contribution in [0.5, 0.6) is 6.01 Å². The normalized spacial score (nSPS) is 21.6. The van der Waals surface area contributed by atoms with Crippen LogP contribution in [-0.2, 0) is 13.1 Å². The minimum Gasteiger partial charge on any atom is -0.464 e. The van der Waals surface area contributed by atoms with Crippen molar-refractivity contribution in [2.75, 3.05) is 26.2 Å². The van der Waals surface area contributed by atoms with E-state index < -0.39 is 5.82 Å². The van der Waals surface area contributed by atoms with Crippen molar-refractivity contribution in [3.63, 3.8) is 0 Å². The summed E-state index contributed by atoms with van der Waals surface area (Å²) in [7, 11) is 0. The molecule has 3 fully saturated rings. The molecule has 0 aromatic carbocycles. The van der Waals surface area contributed by atoms with Crippen molar-refractivity contribution in [2.45, 2.75) is 39.8 Å². The van der Waals surface area contributed by atoms with Gasteiger partial charge in [-0.15, -0.1) is 0 Å². The average Bonchev–Trinajstić information content (AvgIpc) is 3.45. The smallest absolute Gasteiger partial charge is 0.318 e. The van der Waals surface area contributed by atoms with Crippen molar-refractivity contribution in [1.29, 1.82) is 0 Å². The van der Waals surface area contributed by atoms with Crippen LogP contribution in [0.3, 0.4) is 0 Å². The number of pyridine rings is 1. The molecule has 4 aromatic heterocycles. The Morgan fingerprint density at radius 1 is 1.11 bits per heavy atom. The van der Waals surface area contributed by atoms with Crippen molar-refractivity contribution >= 4 is 11.2 Å². The molecule has 35 heavy (non-hydrogen) atoms. The molecule has 1 atom stereocenters. The maximum absolute atomic E-state index is 14.0. The summed E-state index contributed by atoms with van der Waals surface area (Å²) in [6.45, 7) is 9.30. The molecule has 2 bridgehead atoms. The summed E-state index contributed by atoms with van der Waals surface area (Å²) in [5, 5.41) is 4.67. The molecule has 7 rings (SSSR count). The number of aryl methyl sites for hydroxylation is 1. The number of imidazole rings is 1. The van der Waals surface area contributed by atoms with Gasteiger partial charge in [0, 0.05) is 36.6 Å². The highest BCUT2D eigenvalue weighted by Crippen LogP contribution is 2.33. The van der Waals surface area contributed by atoms with Crippen molar-refractivity contribution in [3.8, 4) is 17.4 Å². The quantitative estimate of drug-likeness (QED) is 0.404. The summed E-state index contributed by atoms with van der Waals surface area (Å²) in [6, 6.07) is 1.74. The van der Waals surface area contributed by atoms with Crippen LogP contribution in [0, 0.1) is 24.6 Å². The van der Waals surface area contributed by atoms with Crippen LogP contribution >= 0.6 is 0 Å². The highest BCUT2D eigenvalue weighted by molar-refractivity contribution is 5.79. The predicted molar refractivity (Wildman–Crippen MR) is 128 cm³/mol. The molecule has 0 spiro atoms. The summed E-state index contributed by atoms with van der Waals surface area (Å²) < 4.78 is 23.7. The molecule has 0 unspecified atom stereocenters. The summed E-state index contributed by atoms with van der Waals surface area (Å²) in [5.74, 6) is 1.62. The Balaban J connectivity index is 1.35. The Morgan fingerprint density at radius 3 is 2.71 bits per heavy atom. The molecule has 182 valence electrons. The van der Waals surface area contributed by atoms with Gasteiger partial charge in [0.15, 0.2) is 5.65 Å². The lowest BCUT2D eigenvalue weighted by Crippen LogP contribution is -2.48. The van der Waals surface area contributed by atoms with E-state index in [9.17, 15) is 4.39 Å². The standard InChI is InChI=1S/C25H29FN8O/c1-3-35-25-29-16(2)22-24(31-25)34(23(30-22)19-8-21(26)11-27-10-19)13-17-9-28-33(12-17)15-20-14-32-6-4-18(20)5-7-32/h8-12,18,20H,3-7,13-15H2,1-2H3/t20-/m0/s1. The Kier molecular flexibility index (Phi) is 5.68. The second-order valence-corrected chi connectivity index (χ2v) is 9.58. The van der Waals surface area contributed by atoms with Crippen LogP contribution < -0.4 is 4.74 Å². The maximum Gasteiger partial charge on any atom is 0.318 e. The molecule has 3 aliphatic rings. The molecular weight excluding hydrogens is 447 g/mol. The van der Waals surface area contributed by atoms with Crippen molar-refractivity contribution in [1.82, 2.24) is 39.2 Å². The summed E-state index contributed by atoms with van der Waals surface area (Å²) >= 11 is 0. The summed E-state index contributed by atoms with van der Waals surface area (Å²) in [6.07, 6.45) is 9.40. The number of hydrogen-bond donors (Lipinski definition) is 0. The second kappa shape index (κ2) is 8.99. The molecule has 10 heteroatoms. The highest BCUT2D eigenvalue weighted by Gasteiger charge is 2.34. The number of nitrogens with zero attached hydrogens (tertiary/aromatic N) is 8. The van der Waals surface area contributed by atoms with Gasteiger partial charge in [0.05, 0.1) is 31.2 Å². The van der Waals surface area contributed by atoms with E-state index in [1.807, 2.05) is 24.6 Å². The number of ether oxygens (including phenoxy) is 1. The number of fused-ring (bicyclic) bond motifs is 4. The molecule has 0 aliphatic carbocycles. The van der Waals surface area contributed by atoms with Crippen LogP contribution in [0.25, 0.3) is 22.6 Å². The van der Waals surface area contributed by atoms with Gasteiger partial charge in [0.1, 0.15) is 17.2 Å². The maximum atomic E-state index is 14.0. The van der Waals surface area contributed by atoms with E-state index in [1.165, 1.54) is 44.7 Å². The first-order chi connectivity index (χ1) is 17.1. The largest absolute Gasteiger partial charge is 0.464 e. The zero-order valence-corrected chi connectivity index (χ0v) is 20.1. The fraction of sp³-hybridized carbons (Fsp3) is 0.480. The Bertz CT molecular complexity index is 1360. The third-order valence-corrected chi connectivity index (χ3v) is 7.23. The minimum absolute atomic E-state index is 0.306. The Labute approximate surface area is 203 Å². The van der Waals surface area contributed by atoms with E-state index in [0.717, 1.165) is 18.0 Å². The molecule has 3 saturated heterocycles. The van der Waals surface area contributed by atoms with Gasteiger partial charge in [-0.1, -0.05) is 0 Å². The van der Waals surface area contributed by atoms with Crippen LogP contribution in [0.1, 0.15) is 31.0 Å². The van der Waals surface area contributed by atoms with Gasteiger partial charge in [-0.05, 0) is 57.7 Å². The van der Waals surface area contributed by atoms with E-state index in [-0.39, 0.29) is 0 Å². The lowest BCUT2D eigenvalue weighted by Gasteiger charge is -2.44. The molecule has 4 aromatic rings. The van der Waals surface area contributed by atoms with Gasteiger partial charge in [0.25, 0.3) is 0 Å². The summed E-state index contributed by atoms with van der Waals surface area (Å²) in [5.41, 5.74) is 3.63. The van der Waals surface area contributed by atoms with Gasteiger partial charge < -0.3 is 14.2 Å². The Hall–Kier alpha value is -3.40. The molecule has 0 radical (unpaired) electrons. The monoisotopic (exact) mass is 476 g/mol. The average molecular weight is 477 g/mol. The topological polar surface area (TPSA) is 86.8 Å². The fourth-order valence-corrected chi connectivity index (χ4v) is 5.52. The van der Waals surface area contributed by atoms with Crippen molar-refractivity contribution in [3.05, 3.63) is 47.9 Å². The van der Waals surface area contributed by atoms with Crippen LogP contribution in [0.2, 0.25) is 0 Å². The first-order valence-corrected chi connectivity index (χ1v) is 12.3. The molecule has 9 nitrogen and oxygen atoms in total. The third-order valence-electron chi connectivity index (χ3n) is 7.23. The highest BCUT2D eigenvalue weighted by atomic mass is 19.1. The molecule has 0 N–H and O–H groups in total. The van der Waals surface area contributed by atoms with Crippen LogP contribution in [0.4, 0.5) is 4.39 Å². The first kappa shape index (κ1) is 22.1. The minimum atomic E-state index is -0.413. The lowest BCUT2D eigenvalue weighted by molar-refractivity contribution is 0.0405. The molecule has 3 aliphatic heterocycles. The molecular formula is C25H29FN8O. The van der Waals surface area contributed by atoms with E-state index >= 15 is 0 Å². The second-order valence-electron chi connectivity index (χ2n) is 9.58. The first-order valence-electron chi connectivity index (χ1n) is 12.3. The van der Waals surface area contributed by atoms with E-state index in [2.05, 4.69) is 35.8 Å². The number of hydrogen-bond acceptors (Lipinski definition) is 7. The predicted octanol–water partition coefficient (Wildman–Crippen LogP) is 3.32. The van der Waals surface area contributed by atoms with E-state index in [0.29, 0.717) is 53.3 Å². The molecule has 7 heterocycles. The van der Waals surface area contributed by atoms with Gasteiger partial charge in [-0.3, -0.25) is 9.67 Å². The number of aromatic nitrogens is 7. The Morgan fingerprint density at radius 2 is 1.97 bits per heavy atom. The number of halogens is 1. The van der Waals surface area contributed by atoms with Crippen molar-refractivity contribution in [2.24, 2.45) is 11.8 Å². The summed E-state index contributed by atoms with van der Waals surface area (Å²) in [4.78, 5) is 20.5. The zero-order valence-electron chi connectivity index (χ0n) is 20.1. The fourth-order valence-electron chi connectivity index (χ4n) is 5.52. The van der Waals surface area contributed by atoms with Gasteiger partial charge >= 0.3 is 6.01 Å². The SMILES string of the molecule is CCOc1nc(C)c2nc(-c3cncc(F)c3)n(Cc3cnn(C[C@@H]4CN5CCC4CC5)c3)c2n1. The van der Waals surface area contributed by atoms with Crippen LogP contribution in [0.15, 0.2) is 30.9 Å². The van der Waals surface area contributed by atoms with E-state index in [1.54, 1.807) is 6.20 Å². The van der Waals surface area contributed by atoms with Gasteiger partial charge in [-0.2, -0.15) is 15.1 Å².